The molecule has 3 aliphatic rings. The van der Waals surface area contributed by atoms with E-state index in [9.17, 15) is 4.79 Å². The van der Waals surface area contributed by atoms with Gasteiger partial charge in [0.2, 0.25) is 5.88 Å². The number of benzene rings is 1. The predicted molar refractivity (Wildman–Crippen MR) is 137 cm³/mol. The number of rotatable bonds is 6. The van der Waals surface area contributed by atoms with Crippen molar-refractivity contribution in [3.63, 3.8) is 0 Å². The van der Waals surface area contributed by atoms with E-state index in [0.717, 1.165) is 56.2 Å². The topological polar surface area (TPSA) is 107 Å². The average molecular weight is 524 g/mol. The van der Waals surface area contributed by atoms with Gasteiger partial charge < -0.3 is 19.7 Å². The zero-order chi connectivity index (χ0) is 25.6. The second-order valence-corrected chi connectivity index (χ2v) is 10.9. The highest BCUT2D eigenvalue weighted by Gasteiger charge is 2.47. The van der Waals surface area contributed by atoms with Gasteiger partial charge in [-0.05, 0) is 64.2 Å². The molecule has 2 saturated heterocycles. The lowest BCUT2D eigenvalue weighted by Gasteiger charge is -2.43. The summed E-state index contributed by atoms with van der Waals surface area (Å²) < 4.78 is 13.9. The van der Waals surface area contributed by atoms with E-state index in [1.807, 2.05) is 36.9 Å². The molecule has 37 heavy (non-hydrogen) atoms. The quantitative estimate of drug-likeness (QED) is 0.469. The highest BCUT2D eigenvalue weighted by molar-refractivity contribution is 6.33. The van der Waals surface area contributed by atoms with Crippen LogP contribution in [0.15, 0.2) is 37.2 Å². The van der Waals surface area contributed by atoms with Crippen molar-refractivity contribution in [2.24, 2.45) is 0 Å². The fourth-order valence-electron chi connectivity index (χ4n) is 5.62. The third-order valence-electron chi connectivity index (χ3n) is 7.85. The van der Waals surface area contributed by atoms with Crippen LogP contribution in [0.2, 0.25) is 5.02 Å². The minimum absolute atomic E-state index is 0.0205. The molecule has 4 heterocycles. The smallest absolute Gasteiger partial charge is 0.410 e. The molecular weight excluding hydrogens is 494 g/mol. The second kappa shape index (κ2) is 9.48. The lowest BCUT2D eigenvalue weighted by atomic mass is 9.82. The van der Waals surface area contributed by atoms with E-state index in [1.54, 1.807) is 11.0 Å². The van der Waals surface area contributed by atoms with Crippen LogP contribution in [0.5, 0.6) is 5.88 Å². The van der Waals surface area contributed by atoms with Crippen LogP contribution in [0.3, 0.4) is 0 Å². The Morgan fingerprint density at radius 2 is 1.95 bits per heavy atom. The van der Waals surface area contributed by atoms with Gasteiger partial charge in [0.15, 0.2) is 0 Å². The van der Waals surface area contributed by atoms with Gasteiger partial charge in [-0.1, -0.05) is 11.6 Å². The highest BCUT2D eigenvalue weighted by atomic mass is 35.5. The number of carbonyl (C=O) groups excluding carboxylic acids is 1. The molecule has 0 radical (unpaired) electrons. The van der Waals surface area contributed by atoms with E-state index in [-0.39, 0.29) is 29.9 Å². The number of aromatic nitrogens is 5. The van der Waals surface area contributed by atoms with Crippen LogP contribution in [0.1, 0.15) is 57.4 Å². The summed E-state index contributed by atoms with van der Waals surface area (Å²) in [6.45, 7) is 3.96. The van der Waals surface area contributed by atoms with Crippen molar-refractivity contribution >= 4 is 29.2 Å². The lowest BCUT2D eigenvalue weighted by molar-refractivity contribution is -0.0610. The molecule has 2 unspecified atom stereocenters. The first-order valence-electron chi connectivity index (χ1n) is 12.8. The Morgan fingerprint density at radius 1 is 1.16 bits per heavy atom. The van der Waals surface area contributed by atoms with Gasteiger partial charge in [-0.25, -0.2) is 24.4 Å². The van der Waals surface area contributed by atoms with Gasteiger partial charge in [0.25, 0.3) is 0 Å². The van der Waals surface area contributed by atoms with Crippen LogP contribution < -0.4 is 10.1 Å². The van der Waals surface area contributed by atoms with Gasteiger partial charge in [0, 0.05) is 24.9 Å². The molecular formula is C26H30ClN7O3. The molecule has 2 atom stereocenters. The van der Waals surface area contributed by atoms with E-state index in [2.05, 4.69) is 25.4 Å². The van der Waals surface area contributed by atoms with E-state index >= 15 is 0 Å². The largest absolute Gasteiger partial charge is 0.474 e. The molecule has 1 aliphatic carbocycles. The normalized spacial score (nSPS) is 23.9. The number of halogens is 1. The number of hydrogen-bond acceptors (Lipinski definition) is 8. The first-order valence-corrected chi connectivity index (χ1v) is 13.2. The zero-order valence-electron chi connectivity index (χ0n) is 20.9. The molecule has 0 spiro atoms. The summed E-state index contributed by atoms with van der Waals surface area (Å²) in [6.07, 6.45) is 10.9. The maximum atomic E-state index is 12.9. The van der Waals surface area contributed by atoms with E-state index in [4.69, 9.17) is 21.1 Å². The summed E-state index contributed by atoms with van der Waals surface area (Å²) in [5, 5.41) is 7.96. The molecule has 1 N–H and O–H groups in total. The van der Waals surface area contributed by atoms with Crippen LogP contribution in [-0.2, 0) is 4.74 Å². The van der Waals surface area contributed by atoms with Crippen LogP contribution in [-0.4, -0.2) is 59.5 Å². The number of nitrogens with zero attached hydrogens (tertiary/aromatic N) is 6. The van der Waals surface area contributed by atoms with Crippen molar-refractivity contribution in [2.45, 2.75) is 82.6 Å². The molecule has 1 aromatic carbocycles. The molecule has 11 heteroatoms. The molecule has 194 valence electrons. The number of piperidine rings is 1. The molecule has 10 nitrogen and oxygen atoms in total. The minimum Gasteiger partial charge on any atom is -0.474 e. The van der Waals surface area contributed by atoms with E-state index < -0.39 is 0 Å². The van der Waals surface area contributed by atoms with Crippen LogP contribution in [0, 0.1) is 6.92 Å². The first-order chi connectivity index (χ1) is 17.9. The summed E-state index contributed by atoms with van der Waals surface area (Å²) >= 11 is 6.53. The Balaban J connectivity index is 1.12. The monoisotopic (exact) mass is 523 g/mol. The minimum atomic E-state index is -0.287. The van der Waals surface area contributed by atoms with Crippen LogP contribution in [0.4, 0.5) is 16.3 Å². The molecule has 6 rings (SSSR count). The third kappa shape index (κ3) is 4.70. The summed E-state index contributed by atoms with van der Waals surface area (Å²) in [7, 11) is 0. The fraction of sp³-hybridized carbons (Fsp3) is 0.500. The van der Waals surface area contributed by atoms with Gasteiger partial charge in [-0.3, -0.25) is 0 Å². The molecule has 2 bridgehead atoms. The van der Waals surface area contributed by atoms with Gasteiger partial charge in [0.05, 0.1) is 22.0 Å². The standard InChI is InChI=1S/C26H30ClN7O3/c1-16-23(32-22-7-6-17(12-21(22)27)33-15-28-13-31-33)29-14-30-24(16)36-20-10-18-4-5-19(11-20)34(18)25(35)37-26(2)8-3-9-26/h6-7,12-15,18-20H,3-5,8-11H2,1-2H3,(H,29,30,32). The van der Waals surface area contributed by atoms with Gasteiger partial charge in [-0.15, -0.1) is 0 Å². The highest BCUT2D eigenvalue weighted by Crippen LogP contribution is 2.41. The van der Waals surface area contributed by atoms with Crippen molar-refractivity contribution in [2.75, 3.05) is 5.32 Å². The predicted octanol–water partition coefficient (Wildman–Crippen LogP) is 5.22. The number of amides is 1. The summed E-state index contributed by atoms with van der Waals surface area (Å²) in [4.78, 5) is 27.7. The fourth-order valence-corrected chi connectivity index (χ4v) is 5.84. The lowest BCUT2D eigenvalue weighted by Crippen LogP contribution is -2.52. The Morgan fingerprint density at radius 3 is 2.59 bits per heavy atom. The molecule has 1 amide bonds. The van der Waals surface area contributed by atoms with Crippen molar-refractivity contribution in [3.05, 3.63) is 47.8 Å². The van der Waals surface area contributed by atoms with Gasteiger partial charge in [-0.2, -0.15) is 5.10 Å². The van der Waals surface area contributed by atoms with Crippen molar-refractivity contribution < 1.29 is 14.3 Å². The second-order valence-electron chi connectivity index (χ2n) is 10.5. The maximum Gasteiger partial charge on any atom is 0.410 e. The molecule has 2 aliphatic heterocycles. The van der Waals surface area contributed by atoms with Crippen LogP contribution >= 0.6 is 11.6 Å². The molecule has 3 aromatic rings. The van der Waals surface area contributed by atoms with E-state index in [1.165, 1.54) is 12.7 Å². The number of anilines is 2. The van der Waals surface area contributed by atoms with E-state index in [0.29, 0.717) is 22.4 Å². The average Bonchev–Trinajstić information content (AvgIpc) is 3.48. The van der Waals surface area contributed by atoms with Gasteiger partial charge >= 0.3 is 6.09 Å². The zero-order valence-corrected chi connectivity index (χ0v) is 21.7. The Bertz CT molecular complexity index is 1280. The Hall–Kier alpha value is -3.40. The molecule has 1 saturated carbocycles. The van der Waals surface area contributed by atoms with Crippen molar-refractivity contribution in [1.82, 2.24) is 29.6 Å². The third-order valence-corrected chi connectivity index (χ3v) is 8.16. The van der Waals surface area contributed by atoms with Gasteiger partial charge in [0.1, 0.15) is 36.5 Å². The maximum absolute atomic E-state index is 12.9. The Kier molecular flexibility index (Phi) is 6.14. The van der Waals surface area contributed by atoms with Crippen molar-refractivity contribution in [3.8, 4) is 11.6 Å². The SMILES string of the molecule is Cc1c(Nc2ccc(-n3cncn3)cc2Cl)ncnc1OC1CC2CCC(C1)N2C(=O)OC1(C)CCC1. The summed E-state index contributed by atoms with van der Waals surface area (Å²) in [5.41, 5.74) is 2.03. The number of nitrogens with one attached hydrogen (secondary N) is 1. The summed E-state index contributed by atoms with van der Waals surface area (Å²) in [5.74, 6) is 1.16. The number of fused-ring (bicyclic) bond motifs is 2. The van der Waals surface area contributed by atoms with Crippen molar-refractivity contribution in [1.29, 1.82) is 0 Å². The molecule has 3 fully saturated rings. The first kappa shape index (κ1) is 24.0. The summed E-state index contributed by atoms with van der Waals surface area (Å²) in [6, 6.07) is 5.87. The molecule has 2 aromatic heterocycles. The number of carbonyl (C=O) groups is 1. The van der Waals surface area contributed by atoms with Crippen LogP contribution in [0.25, 0.3) is 5.69 Å². The number of ether oxygens (including phenoxy) is 2. The number of hydrogen-bond donors (Lipinski definition) is 1. The Labute approximate surface area is 220 Å².